The number of benzene rings is 1. The van der Waals surface area contributed by atoms with Crippen molar-refractivity contribution in [3.05, 3.63) is 59.2 Å². The quantitative estimate of drug-likeness (QED) is 0.782. The van der Waals surface area contributed by atoms with Crippen LogP contribution < -0.4 is 5.32 Å². The summed E-state index contributed by atoms with van der Waals surface area (Å²) in [4.78, 5) is 20.8. The van der Waals surface area contributed by atoms with Gasteiger partial charge in [-0.05, 0) is 43.4 Å². The van der Waals surface area contributed by atoms with Gasteiger partial charge in [-0.3, -0.25) is 4.79 Å². The van der Waals surface area contributed by atoms with Gasteiger partial charge in [0.1, 0.15) is 0 Å². The number of rotatable bonds is 2. The van der Waals surface area contributed by atoms with Crippen LogP contribution in [-0.2, 0) is 12.8 Å². The molecule has 23 heavy (non-hydrogen) atoms. The van der Waals surface area contributed by atoms with Crippen LogP contribution in [0.1, 0.15) is 33.9 Å². The number of aryl methyl sites for hydroxylation is 2. The molecule has 4 rings (SSSR count). The molecule has 6 nitrogen and oxygen atoms in total. The van der Waals surface area contributed by atoms with Gasteiger partial charge in [-0.15, -0.1) is 5.10 Å². The first-order chi connectivity index (χ1) is 11.2. The summed E-state index contributed by atoms with van der Waals surface area (Å²) >= 11 is 0. The molecular formula is C17H17N5O. The predicted molar refractivity (Wildman–Crippen MR) is 85.2 cm³/mol. The standard InChI is InChI=1S/C17H17N5O/c1-11-8-9-18-17-20-15(21-22(11)17)16(23)19-14-7-6-12-4-2-3-5-13(12)10-14/h2-5,8-9,14H,6-7,10H2,1H3,(H,19,23). The molecule has 1 atom stereocenters. The van der Waals surface area contributed by atoms with E-state index in [-0.39, 0.29) is 17.8 Å². The Morgan fingerprint density at radius 2 is 2.09 bits per heavy atom. The summed E-state index contributed by atoms with van der Waals surface area (Å²) in [6.45, 7) is 1.91. The molecule has 3 aromatic rings. The van der Waals surface area contributed by atoms with Gasteiger partial charge in [-0.2, -0.15) is 4.98 Å². The van der Waals surface area contributed by atoms with Gasteiger partial charge in [0.25, 0.3) is 11.7 Å². The molecule has 0 bridgehead atoms. The molecule has 1 N–H and O–H groups in total. The third kappa shape index (κ3) is 2.56. The maximum Gasteiger partial charge on any atom is 0.291 e. The number of fused-ring (bicyclic) bond motifs is 2. The van der Waals surface area contributed by atoms with E-state index in [1.807, 2.05) is 19.1 Å². The first kappa shape index (κ1) is 13.9. The molecule has 2 heterocycles. The Balaban J connectivity index is 1.52. The van der Waals surface area contributed by atoms with Crippen LogP contribution in [0.15, 0.2) is 36.5 Å². The Bertz CT molecular complexity index is 886. The van der Waals surface area contributed by atoms with E-state index in [0.29, 0.717) is 5.78 Å². The second kappa shape index (κ2) is 5.46. The fraction of sp³-hybridized carbons (Fsp3) is 0.294. The van der Waals surface area contributed by atoms with Crippen molar-refractivity contribution in [2.24, 2.45) is 0 Å². The lowest BCUT2D eigenvalue weighted by molar-refractivity contribution is 0.0923. The molecule has 1 unspecified atom stereocenters. The zero-order valence-corrected chi connectivity index (χ0v) is 12.9. The topological polar surface area (TPSA) is 72.2 Å². The SMILES string of the molecule is Cc1ccnc2nc(C(=O)NC3CCc4ccccc4C3)nn12. The molecule has 0 radical (unpaired) electrons. The number of aromatic nitrogens is 4. The Morgan fingerprint density at radius 3 is 2.91 bits per heavy atom. The number of hydrogen-bond acceptors (Lipinski definition) is 4. The van der Waals surface area contributed by atoms with E-state index in [1.165, 1.54) is 11.1 Å². The maximum atomic E-state index is 12.4. The lowest BCUT2D eigenvalue weighted by atomic mass is 9.88. The van der Waals surface area contributed by atoms with E-state index in [4.69, 9.17) is 0 Å². The summed E-state index contributed by atoms with van der Waals surface area (Å²) in [6.07, 6.45) is 4.44. The molecule has 1 amide bonds. The average Bonchev–Trinajstić information content (AvgIpc) is 3.01. The van der Waals surface area contributed by atoms with Gasteiger partial charge in [-0.1, -0.05) is 24.3 Å². The molecule has 0 saturated heterocycles. The van der Waals surface area contributed by atoms with E-state index in [9.17, 15) is 4.79 Å². The number of amides is 1. The highest BCUT2D eigenvalue weighted by molar-refractivity contribution is 5.91. The molecule has 0 fully saturated rings. The van der Waals surface area contributed by atoms with Crippen molar-refractivity contribution in [1.29, 1.82) is 0 Å². The minimum atomic E-state index is -0.237. The highest BCUT2D eigenvalue weighted by Gasteiger charge is 2.22. The van der Waals surface area contributed by atoms with Gasteiger partial charge in [0.15, 0.2) is 0 Å². The Hall–Kier alpha value is -2.76. The van der Waals surface area contributed by atoms with Gasteiger partial charge < -0.3 is 5.32 Å². The van der Waals surface area contributed by atoms with Gasteiger partial charge >= 0.3 is 0 Å². The van der Waals surface area contributed by atoms with Crippen LogP contribution in [0.5, 0.6) is 0 Å². The van der Waals surface area contributed by atoms with Crippen LogP contribution in [0.3, 0.4) is 0 Å². The zero-order chi connectivity index (χ0) is 15.8. The van der Waals surface area contributed by atoms with Crippen molar-refractivity contribution in [2.75, 3.05) is 0 Å². The molecule has 6 heteroatoms. The molecule has 1 aliphatic carbocycles. The van der Waals surface area contributed by atoms with Crippen molar-refractivity contribution in [3.8, 4) is 0 Å². The van der Waals surface area contributed by atoms with Gasteiger partial charge in [0, 0.05) is 17.9 Å². The van der Waals surface area contributed by atoms with Crippen molar-refractivity contribution in [2.45, 2.75) is 32.2 Å². The fourth-order valence-electron chi connectivity index (χ4n) is 3.07. The minimum absolute atomic E-state index is 0.123. The number of carbonyl (C=O) groups is 1. The second-order valence-corrected chi connectivity index (χ2v) is 5.92. The molecule has 0 saturated carbocycles. The number of nitrogens with one attached hydrogen (secondary N) is 1. The normalized spacial score (nSPS) is 17.0. The Kier molecular flexibility index (Phi) is 3.29. The van der Waals surface area contributed by atoms with Crippen LogP contribution in [0, 0.1) is 6.92 Å². The summed E-state index contributed by atoms with van der Waals surface area (Å²) in [5.41, 5.74) is 3.58. The van der Waals surface area contributed by atoms with Crippen molar-refractivity contribution < 1.29 is 4.79 Å². The second-order valence-electron chi connectivity index (χ2n) is 5.92. The largest absolute Gasteiger partial charge is 0.346 e. The summed E-state index contributed by atoms with van der Waals surface area (Å²) in [7, 11) is 0. The van der Waals surface area contributed by atoms with Crippen LogP contribution in [0.2, 0.25) is 0 Å². The van der Waals surface area contributed by atoms with E-state index < -0.39 is 0 Å². The predicted octanol–water partition coefficient (Wildman–Crippen LogP) is 1.72. The lowest BCUT2D eigenvalue weighted by Gasteiger charge is -2.24. The highest BCUT2D eigenvalue weighted by Crippen LogP contribution is 2.21. The number of hydrogen-bond donors (Lipinski definition) is 1. The smallest absolute Gasteiger partial charge is 0.291 e. The maximum absolute atomic E-state index is 12.4. The first-order valence-electron chi connectivity index (χ1n) is 7.77. The molecule has 116 valence electrons. The zero-order valence-electron chi connectivity index (χ0n) is 12.9. The summed E-state index contributed by atoms with van der Waals surface area (Å²) < 4.78 is 1.59. The Morgan fingerprint density at radius 1 is 1.26 bits per heavy atom. The monoisotopic (exact) mass is 307 g/mol. The third-order valence-corrected chi connectivity index (χ3v) is 4.32. The Labute approximate surface area is 133 Å². The molecule has 2 aromatic heterocycles. The van der Waals surface area contributed by atoms with Gasteiger partial charge in [-0.25, -0.2) is 9.50 Å². The highest BCUT2D eigenvalue weighted by atomic mass is 16.2. The summed E-state index contributed by atoms with van der Waals surface area (Å²) in [5, 5.41) is 7.30. The average molecular weight is 307 g/mol. The van der Waals surface area contributed by atoms with Crippen LogP contribution >= 0.6 is 0 Å². The number of nitrogens with zero attached hydrogens (tertiary/aromatic N) is 4. The van der Waals surface area contributed by atoms with E-state index in [1.54, 1.807) is 10.7 Å². The van der Waals surface area contributed by atoms with E-state index in [2.05, 4.69) is 38.6 Å². The van der Waals surface area contributed by atoms with E-state index >= 15 is 0 Å². The van der Waals surface area contributed by atoms with Crippen molar-refractivity contribution >= 4 is 11.7 Å². The van der Waals surface area contributed by atoms with Crippen molar-refractivity contribution in [1.82, 2.24) is 24.9 Å². The number of carbonyl (C=O) groups excluding carboxylic acids is 1. The summed E-state index contributed by atoms with van der Waals surface area (Å²) in [5.74, 6) is 0.383. The van der Waals surface area contributed by atoms with E-state index in [0.717, 1.165) is 25.0 Å². The molecule has 1 aromatic carbocycles. The lowest BCUT2D eigenvalue weighted by Crippen LogP contribution is -2.39. The third-order valence-electron chi connectivity index (χ3n) is 4.32. The molecule has 0 spiro atoms. The van der Waals surface area contributed by atoms with Crippen LogP contribution in [0.25, 0.3) is 5.78 Å². The molecule has 1 aliphatic rings. The van der Waals surface area contributed by atoms with Gasteiger partial charge in [0.05, 0.1) is 0 Å². The first-order valence-corrected chi connectivity index (χ1v) is 7.77. The molecular weight excluding hydrogens is 290 g/mol. The minimum Gasteiger partial charge on any atom is -0.346 e. The van der Waals surface area contributed by atoms with Crippen LogP contribution in [-0.4, -0.2) is 31.5 Å². The van der Waals surface area contributed by atoms with Crippen LogP contribution in [0.4, 0.5) is 0 Å². The van der Waals surface area contributed by atoms with Gasteiger partial charge in [0.2, 0.25) is 5.82 Å². The fourth-order valence-corrected chi connectivity index (χ4v) is 3.07. The summed E-state index contributed by atoms with van der Waals surface area (Å²) in [6, 6.07) is 10.4. The molecule has 0 aliphatic heterocycles. The van der Waals surface area contributed by atoms with Crippen molar-refractivity contribution in [3.63, 3.8) is 0 Å².